The van der Waals surface area contributed by atoms with E-state index in [9.17, 15) is 9.90 Å². The number of carbonyl (C=O) groups is 1. The summed E-state index contributed by atoms with van der Waals surface area (Å²) in [7, 11) is 0. The standard InChI is InChI=1S/C11H17N3O2/c1-8(3-2-5-12)14-11(16)9-4-6-13-7-10(9)15/h4,6-8,15H,2-3,5,12H2,1H3,(H,14,16). The molecule has 1 heterocycles. The summed E-state index contributed by atoms with van der Waals surface area (Å²) in [5.74, 6) is -0.393. The average molecular weight is 223 g/mol. The lowest BCUT2D eigenvalue weighted by Crippen LogP contribution is -2.32. The number of aromatic hydroxyl groups is 1. The number of hydrogen-bond donors (Lipinski definition) is 3. The van der Waals surface area contributed by atoms with Gasteiger partial charge in [0.15, 0.2) is 0 Å². The molecule has 0 radical (unpaired) electrons. The summed E-state index contributed by atoms with van der Waals surface area (Å²) in [6.45, 7) is 2.52. The molecule has 1 aromatic rings. The molecular weight excluding hydrogens is 206 g/mol. The predicted octanol–water partition coefficient (Wildman–Crippen LogP) is 0.644. The maximum Gasteiger partial charge on any atom is 0.255 e. The predicted molar refractivity (Wildman–Crippen MR) is 61.1 cm³/mol. The van der Waals surface area contributed by atoms with Crippen molar-refractivity contribution in [1.82, 2.24) is 10.3 Å². The first kappa shape index (κ1) is 12.4. The zero-order chi connectivity index (χ0) is 12.0. The number of aromatic nitrogens is 1. The van der Waals surface area contributed by atoms with Crippen LogP contribution in [0.4, 0.5) is 0 Å². The van der Waals surface area contributed by atoms with Gasteiger partial charge in [0, 0.05) is 12.2 Å². The molecule has 0 bridgehead atoms. The van der Waals surface area contributed by atoms with Gasteiger partial charge in [0.1, 0.15) is 5.75 Å². The lowest BCUT2D eigenvalue weighted by molar-refractivity contribution is 0.0935. The van der Waals surface area contributed by atoms with Crippen LogP contribution in [-0.2, 0) is 0 Å². The van der Waals surface area contributed by atoms with E-state index < -0.39 is 0 Å². The number of pyridine rings is 1. The van der Waals surface area contributed by atoms with E-state index in [1.54, 1.807) is 0 Å². The van der Waals surface area contributed by atoms with Crippen LogP contribution in [0.3, 0.4) is 0 Å². The van der Waals surface area contributed by atoms with E-state index in [0.717, 1.165) is 12.8 Å². The summed E-state index contributed by atoms with van der Waals surface area (Å²) >= 11 is 0. The largest absolute Gasteiger partial charge is 0.505 e. The minimum atomic E-state index is -0.288. The molecule has 1 unspecified atom stereocenters. The molecule has 1 atom stereocenters. The molecule has 0 aromatic carbocycles. The fraction of sp³-hybridized carbons (Fsp3) is 0.455. The summed E-state index contributed by atoms with van der Waals surface area (Å²) in [6, 6.07) is 1.53. The summed E-state index contributed by atoms with van der Waals surface area (Å²) < 4.78 is 0. The van der Waals surface area contributed by atoms with Gasteiger partial charge < -0.3 is 16.2 Å². The number of nitrogens with two attached hydrogens (primary N) is 1. The Labute approximate surface area is 94.7 Å². The lowest BCUT2D eigenvalue weighted by atomic mass is 10.1. The van der Waals surface area contributed by atoms with Crippen molar-refractivity contribution < 1.29 is 9.90 Å². The number of carbonyl (C=O) groups excluding carboxylic acids is 1. The van der Waals surface area contributed by atoms with Crippen molar-refractivity contribution in [3.05, 3.63) is 24.0 Å². The van der Waals surface area contributed by atoms with E-state index in [1.165, 1.54) is 18.5 Å². The van der Waals surface area contributed by atoms with Gasteiger partial charge in [-0.2, -0.15) is 0 Å². The minimum absolute atomic E-state index is 0.0450. The van der Waals surface area contributed by atoms with Crippen molar-refractivity contribution >= 4 is 5.91 Å². The Bertz CT molecular complexity index is 355. The quantitative estimate of drug-likeness (QED) is 0.683. The highest BCUT2D eigenvalue weighted by molar-refractivity contribution is 5.96. The van der Waals surface area contributed by atoms with E-state index in [2.05, 4.69) is 10.3 Å². The molecule has 0 saturated carbocycles. The monoisotopic (exact) mass is 223 g/mol. The van der Waals surface area contributed by atoms with Crippen LogP contribution in [0, 0.1) is 0 Å². The lowest BCUT2D eigenvalue weighted by Gasteiger charge is -2.13. The molecule has 0 aliphatic heterocycles. The zero-order valence-corrected chi connectivity index (χ0v) is 9.31. The van der Waals surface area contributed by atoms with E-state index in [1.807, 2.05) is 6.92 Å². The number of amides is 1. The summed E-state index contributed by atoms with van der Waals surface area (Å²) in [5, 5.41) is 12.2. The molecule has 0 saturated heterocycles. The number of nitrogens with zero attached hydrogens (tertiary/aromatic N) is 1. The topological polar surface area (TPSA) is 88.2 Å². The van der Waals surface area contributed by atoms with Gasteiger partial charge in [0.05, 0.1) is 11.8 Å². The third-order valence-electron chi connectivity index (χ3n) is 2.26. The molecule has 1 rings (SSSR count). The normalized spacial score (nSPS) is 12.1. The van der Waals surface area contributed by atoms with Crippen molar-refractivity contribution in [3.63, 3.8) is 0 Å². The molecule has 0 aliphatic carbocycles. The van der Waals surface area contributed by atoms with Crippen LogP contribution in [-0.4, -0.2) is 28.6 Å². The van der Waals surface area contributed by atoms with Crippen molar-refractivity contribution in [3.8, 4) is 5.75 Å². The molecule has 5 heteroatoms. The van der Waals surface area contributed by atoms with Crippen LogP contribution in [0.5, 0.6) is 5.75 Å². The summed E-state index contributed by atoms with van der Waals surface area (Å²) in [4.78, 5) is 15.4. The summed E-state index contributed by atoms with van der Waals surface area (Å²) in [6.07, 6.45) is 4.41. The van der Waals surface area contributed by atoms with E-state index in [4.69, 9.17) is 5.73 Å². The molecule has 16 heavy (non-hydrogen) atoms. The smallest absolute Gasteiger partial charge is 0.255 e. The fourth-order valence-corrected chi connectivity index (χ4v) is 1.38. The van der Waals surface area contributed by atoms with Gasteiger partial charge >= 0.3 is 0 Å². The van der Waals surface area contributed by atoms with E-state index in [0.29, 0.717) is 6.54 Å². The molecule has 0 spiro atoms. The van der Waals surface area contributed by atoms with Gasteiger partial charge in [0.2, 0.25) is 0 Å². The van der Waals surface area contributed by atoms with Crippen LogP contribution in [0.1, 0.15) is 30.1 Å². The molecule has 4 N–H and O–H groups in total. The van der Waals surface area contributed by atoms with Crippen LogP contribution in [0.25, 0.3) is 0 Å². The highest BCUT2D eigenvalue weighted by Gasteiger charge is 2.12. The Kier molecular flexibility index (Phi) is 4.72. The maximum absolute atomic E-state index is 11.7. The Morgan fingerprint density at radius 1 is 1.69 bits per heavy atom. The van der Waals surface area contributed by atoms with Gasteiger partial charge in [-0.05, 0) is 32.4 Å². The number of hydrogen-bond acceptors (Lipinski definition) is 4. The molecule has 88 valence electrons. The Morgan fingerprint density at radius 3 is 3.06 bits per heavy atom. The zero-order valence-electron chi connectivity index (χ0n) is 9.31. The van der Waals surface area contributed by atoms with Gasteiger partial charge in [-0.15, -0.1) is 0 Å². The van der Waals surface area contributed by atoms with Gasteiger partial charge in [0.25, 0.3) is 5.91 Å². The second kappa shape index (κ2) is 6.07. The number of rotatable bonds is 5. The highest BCUT2D eigenvalue weighted by atomic mass is 16.3. The maximum atomic E-state index is 11.7. The Balaban J connectivity index is 2.56. The van der Waals surface area contributed by atoms with Crippen LogP contribution >= 0.6 is 0 Å². The van der Waals surface area contributed by atoms with Gasteiger partial charge in [-0.25, -0.2) is 0 Å². The van der Waals surface area contributed by atoms with E-state index in [-0.39, 0.29) is 23.3 Å². The van der Waals surface area contributed by atoms with Gasteiger partial charge in [-0.3, -0.25) is 9.78 Å². The van der Waals surface area contributed by atoms with Crippen molar-refractivity contribution in [1.29, 1.82) is 0 Å². The first-order valence-electron chi connectivity index (χ1n) is 5.29. The molecule has 1 amide bonds. The van der Waals surface area contributed by atoms with Crippen molar-refractivity contribution in [2.24, 2.45) is 5.73 Å². The van der Waals surface area contributed by atoms with Gasteiger partial charge in [-0.1, -0.05) is 0 Å². The van der Waals surface area contributed by atoms with Crippen LogP contribution in [0.2, 0.25) is 0 Å². The number of nitrogens with one attached hydrogen (secondary N) is 1. The van der Waals surface area contributed by atoms with Crippen molar-refractivity contribution in [2.45, 2.75) is 25.8 Å². The van der Waals surface area contributed by atoms with Crippen molar-refractivity contribution in [2.75, 3.05) is 6.54 Å². The molecular formula is C11H17N3O2. The van der Waals surface area contributed by atoms with Crippen LogP contribution < -0.4 is 11.1 Å². The van der Waals surface area contributed by atoms with E-state index >= 15 is 0 Å². The Hall–Kier alpha value is -1.62. The third-order valence-corrected chi connectivity index (χ3v) is 2.26. The SMILES string of the molecule is CC(CCCN)NC(=O)c1ccncc1O. The third kappa shape index (κ3) is 3.51. The molecule has 1 aromatic heterocycles. The Morgan fingerprint density at radius 2 is 2.44 bits per heavy atom. The first-order valence-corrected chi connectivity index (χ1v) is 5.29. The molecule has 0 fully saturated rings. The second-order valence-corrected chi connectivity index (χ2v) is 3.70. The second-order valence-electron chi connectivity index (χ2n) is 3.70. The molecule has 5 nitrogen and oxygen atoms in total. The minimum Gasteiger partial charge on any atom is -0.505 e. The fourth-order valence-electron chi connectivity index (χ4n) is 1.38. The highest BCUT2D eigenvalue weighted by Crippen LogP contribution is 2.13. The van der Waals surface area contributed by atoms with Crippen LogP contribution in [0.15, 0.2) is 18.5 Å². The average Bonchev–Trinajstić information content (AvgIpc) is 2.26. The first-order chi connectivity index (χ1) is 7.65. The summed E-state index contributed by atoms with van der Waals surface area (Å²) in [5.41, 5.74) is 5.63. The molecule has 0 aliphatic rings.